The smallest absolute Gasteiger partial charge is 0.265 e. The Morgan fingerprint density at radius 1 is 1.12 bits per heavy atom. The lowest BCUT2D eigenvalue weighted by Gasteiger charge is -2.16. The number of allylic oxidation sites excluding steroid dienone is 1. The fourth-order valence-corrected chi connectivity index (χ4v) is 4.19. The van der Waals surface area contributed by atoms with E-state index in [-0.39, 0.29) is 17.0 Å². The lowest BCUT2D eigenvalue weighted by molar-refractivity contribution is -0.112. The van der Waals surface area contributed by atoms with Crippen molar-refractivity contribution in [1.29, 1.82) is 5.26 Å². The van der Waals surface area contributed by atoms with Gasteiger partial charge in [0.25, 0.3) is 11.8 Å². The Balaban J connectivity index is 1.36. The summed E-state index contributed by atoms with van der Waals surface area (Å²) in [7, 11) is 3.08. The number of amides is 2. The summed E-state index contributed by atoms with van der Waals surface area (Å²) in [5, 5.41) is 18.5. The van der Waals surface area contributed by atoms with E-state index in [0.717, 1.165) is 18.4 Å². The van der Waals surface area contributed by atoms with E-state index in [1.54, 1.807) is 67.4 Å². The summed E-state index contributed by atoms with van der Waals surface area (Å²) in [5.41, 5.74) is 8.36. The molecule has 4 aromatic rings. The average molecular weight is 553 g/mol. The van der Waals surface area contributed by atoms with Crippen LogP contribution in [-0.2, 0) is 11.3 Å². The van der Waals surface area contributed by atoms with Crippen LogP contribution in [0, 0.1) is 17.2 Å². The first kappa shape index (κ1) is 27.0. The fraction of sp³-hybridized carbons (Fsp3) is 0.207. The molecule has 0 unspecified atom stereocenters. The molecule has 2 heterocycles. The van der Waals surface area contributed by atoms with E-state index in [1.165, 1.54) is 0 Å². The van der Waals surface area contributed by atoms with Crippen LogP contribution in [0.15, 0.2) is 66.5 Å². The van der Waals surface area contributed by atoms with Crippen molar-refractivity contribution in [2.24, 2.45) is 11.7 Å². The minimum absolute atomic E-state index is 0.120. The van der Waals surface area contributed by atoms with Crippen LogP contribution in [0.2, 0.25) is 0 Å². The van der Waals surface area contributed by atoms with Crippen LogP contribution in [0.1, 0.15) is 28.8 Å². The number of aromatic nitrogens is 3. The molecule has 1 aliphatic rings. The Hall–Kier alpha value is -5.57. The third kappa shape index (κ3) is 6.20. The van der Waals surface area contributed by atoms with Gasteiger partial charge in [0, 0.05) is 48.5 Å². The number of carbonyl (C=O) groups is 2. The molecular weight excluding hydrogens is 524 g/mol. The molecule has 5 rings (SSSR count). The Kier molecular flexibility index (Phi) is 7.69. The highest BCUT2D eigenvalue weighted by atomic mass is 16.5. The molecule has 0 spiro atoms. The van der Waals surface area contributed by atoms with Gasteiger partial charge in [-0.2, -0.15) is 10.2 Å². The number of imidazole rings is 1. The summed E-state index contributed by atoms with van der Waals surface area (Å²) < 4.78 is 12.3. The molecule has 12 heteroatoms. The Morgan fingerprint density at radius 2 is 1.83 bits per heavy atom. The summed E-state index contributed by atoms with van der Waals surface area (Å²) in [6, 6.07) is 14.4. The van der Waals surface area contributed by atoms with Gasteiger partial charge in [0.05, 0.1) is 14.2 Å². The van der Waals surface area contributed by atoms with Gasteiger partial charge in [-0.3, -0.25) is 14.0 Å². The standard InChI is InChI=1S/C29H28N8O4/c1-40-22-12-21(13-23(14-22)41-2)34-26-24(25(31)38)27-32-9-10-37(27)29(36-26)33-16-18-5-7-20(8-6-18)35-28(39)19(15-30)11-17-3-4-17/h5-14,17,34H,3-4,16H2,1-2H3,(H2,31,38)(H,33,36)(H,35,39)/b19-11-. The highest BCUT2D eigenvalue weighted by molar-refractivity contribution is 6.06. The van der Waals surface area contributed by atoms with E-state index in [1.807, 2.05) is 18.2 Å². The van der Waals surface area contributed by atoms with Crippen LogP contribution in [-0.4, -0.2) is 40.4 Å². The summed E-state index contributed by atoms with van der Waals surface area (Å²) in [4.78, 5) is 33.9. The van der Waals surface area contributed by atoms with Gasteiger partial charge < -0.3 is 31.2 Å². The molecule has 1 aliphatic carbocycles. The van der Waals surface area contributed by atoms with Gasteiger partial charge in [0.2, 0.25) is 5.95 Å². The number of ether oxygens (including phenoxy) is 2. The quantitative estimate of drug-likeness (QED) is 0.159. The number of methoxy groups -OCH3 is 2. The Bertz CT molecular complexity index is 1660. The third-order valence-corrected chi connectivity index (χ3v) is 6.46. The van der Waals surface area contributed by atoms with Gasteiger partial charge in [0.1, 0.15) is 28.7 Å². The molecule has 208 valence electrons. The van der Waals surface area contributed by atoms with Crippen molar-refractivity contribution < 1.29 is 19.1 Å². The van der Waals surface area contributed by atoms with Crippen molar-refractivity contribution >= 4 is 40.6 Å². The van der Waals surface area contributed by atoms with Crippen LogP contribution in [0.4, 0.5) is 23.1 Å². The van der Waals surface area contributed by atoms with Crippen LogP contribution < -0.4 is 31.2 Å². The number of nitrogens with zero attached hydrogens (tertiary/aromatic N) is 4. The number of hydrogen-bond acceptors (Lipinski definition) is 9. The first-order valence-electron chi connectivity index (χ1n) is 12.8. The zero-order chi connectivity index (χ0) is 28.9. The third-order valence-electron chi connectivity index (χ3n) is 6.46. The topological polar surface area (TPSA) is 169 Å². The Labute approximate surface area is 235 Å². The summed E-state index contributed by atoms with van der Waals surface area (Å²) in [5.74, 6) is 0.943. The predicted molar refractivity (Wildman–Crippen MR) is 153 cm³/mol. The minimum Gasteiger partial charge on any atom is -0.497 e. The van der Waals surface area contributed by atoms with Crippen LogP contribution in [0.5, 0.6) is 11.5 Å². The van der Waals surface area contributed by atoms with Gasteiger partial charge in [-0.15, -0.1) is 0 Å². The second-order valence-corrected chi connectivity index (χ2v) is 9.40. The van der Waals surface area contributed by atoms with Gasteiger partial charge in [0.15, 0.2) is 11.5 Å². The zero-order valence-corrected chi connectivity index (χ0v) is 22.5. The number of benzene rings is 2. The normalized spacial score (nSPS) is 12.9. The number of anilines is 4. The zero-order valence-electron chi connectivity index (χ0n) is 22.5. The first-order valence-corrected chi connectivity index (χ1v) is 12.8. The van der Waals surface area contributed by atoms with Crippen molar-refractivity contribution in [2.75, 3.05) is 30.2 Å². The number of carbonyl (C=O) groups excluding carboxylic acids is 2. The molecule has 0 atom stereocenters. The molecule has 5 N–H and O–H groups in total. The summed E-state index contributed by atoms with van der Waals surface area (Å²) in [6.07, 6.45) is 6.99. The maximum absolute atomic E-state index is 12.5. The van der Waals surface area contributed by atoms with Crippen LogP contribution >= 0.6 is 0 Å². The van der Waals surface area contributed by atoms with E-state index in [9.17, 15) is 14.9 Å². The van der Waals surface area contributed by atoms with E-state index < -0.39 is 11.8 Å². The minimum atomic E-state index is -0.693. The molecule has 2 aromatic carbocycles. The number of fused-ring (bicyclic) bond motifs is 1. The number of nitrogens with one attached hydrogen (secondary N) is 3. The van der Waals surface area contributed by atoms with Crippen molar-refractivity contribution in [3.63, 3.8) is 0 Å². The predicted octanol–water partition coefficient (Wildman–Crippen LogP) is 4.00. The number of primary amides is 1. The number of nitrogens with two attached hydrogens (primary N) is 1. The van der Waals surface area contributed by atoms with Crippen LogP contribution in [0.3, 0.4) is 0 Å². The Morgan fingerprint density at radius 3 is 2.44 bits per heavy atom. The van der Waals surface area contributed by atoms with Crippen molar-refractivity contribution in [2.45, 2.75) is 19.4 Å². The van der Waals surface area contributed by atoms with E-state index in [0.29, 0.717) is 46.9 Å². The van der Waals surface area contributed by atoms with E-state index >= 15 is 0 Å². The van der Waals surface area contributed by atoms with Gasteiger partial charge >= 0.3 is 0 Å². The molecular formula is C29H28N8O4. The molecule has 12 nitrogen and oxygen atoms in total. The molecule has 0 radical (unpaired) electrons. The SMILES string of the molecule is COc1cc(Nc2nc(NCc3ccc(NC(=O)/C(C#N)=C\C4CC4)cc3)n3ccnc3c2C(N)=O)cc(OC)c1. The molecule has 2 aromatic heterocycles. The summed E-state index contributed by atoms with van der Waals surface area (Å²) >= 11 is 0. The molecule has 2 amide bonds. The second-order valence-electron chi connectivity index (χ2n) is 9.40. The summed E-state index contributed by atoms with van der Waals surface area (Å²) in [6.45, 7) is 0.377. The van der Waals surface area contributed by atoms with Gasteiger partial charge in [-0.05, 0) is 36.5 Å². The first-order chi connectivity index (χ1) is 19.9. The lowest BCUT2D eigenvalue weighted by Crippen LogP contribution is -2.18. The van der Waals surface area contributed by atoms with Crippen LogP contribution in [0.25, 0.3) is 5.65 Å². The highest BCUT2D eigenvalue weighted by Crippen LogP contribution is 2.32. The maximum atomic E-state index is 12.5. The largest absolute Gasteiger partial charge is 0.497 e. The number of rotatable bonds is 11. The molecule has 1 fully saturated rings. The lowest BCUT2D eigenvalue weighted by atomic mass is 10.2. The van der Waals surface area contributed by atoms with E-state index in [4.69, 9.17) is 15.2 Å². The fourth-order valence-electron chi connectivity index (χ4n) is 4.19. The molecule has 0 bridgehead atoms. The van der Waals surface area contributed by atoms with Gasteiger partial charge in [-0.1, -0.05) is 18.2 Å². The molecule has 1 saturated carbocycles. The van der Waals surface area contributed by atoms with Crippen molar-refractivity contribution in [3.05, 3.63) is 77.6 Å². The van der Waals surface area contributed by atoms with Crippen molar-refractivity contribution in [1.82, 2.24) is 14.4 Å². The highest BCUT2D eigenvalue weighted by Gasteiger charge is 2.22. The maximum Gasteiger partial charge on any atom is 0.265 e. The molecule has 41 heavy (non-hydrogen) atoms. The van der Waals surface area contributed by atoms with Gasteiger partial charge in [-0.25, -0.2) is 4.98 Å². The average Bonchev–Trinajstić information content (AvgIpc) is 3.67. The van der Waals surface area contributed by atoms with E-state index in [2.05, 4.69) is 25.9 Å². The number of nitriles is 1. The number of hydrogen-bond donors (Lipinski definition) is 4. The molecule has 0 saturated heterocycles. The van der Waals surface area contributed by atoms with Crippen molar-refractivity contribution in [3.8, 4) is 17.6 Å². The monoisotopic (exact) mass is 552 g/mol. The second kappa shape index (κ2) is 11.7. The molecule has 0 aliphatic heterocycles.